The number of hydrogen-bond donors (Lipinski definition) is 0. The van der Waals surface area contributed by atoms with Gasteiger partial charge in [0.2, 0.25) is 0 Å². The molecule has 0 spiro atoms. The smallest absolute Gasteiger partial charge is 0.0846 e. The molecule has 0 aliphatic carbocycles. The average Bonchev–Trinajstić information content (AvgIpc) is 2.84. The summed E-state index contributed by atoms with van der Waals surface area (Å²) in [6.07, 6.45) is 25.6. The van der Waals surface area contributed by atoms with Gasteiger partial charge in [0.1, 0.15) is 0 Å². The SMILES string of the molecule is CCCCCCCCC[P+](CCCCCCCCC)(Cc1ccccc1)Cc1ccccc1.[Cl-]. The van der Waals surface area contributed by atoms with Crippen LogP contribution in [-0.4, -0.2) is 12.3 Å². The van der Waals surface area contributed by atoms with Gasteiger partial charge in [-0.3, -0.25) is 0 Å². The summed E-state index contributed by atoms with van der Waals surface area (Å²) in [4.78, 5) is 0. The largest absolute Gasteiger partial charge is 1.00 e. The molecule has 0 atom stereocenters. The van der Waals surface area contributed by atoms with Crippen molar-refractivity contribution in [1.29, 1.82) is 0 Å². The molecule has 0 aliphatic heterocycles. The summed E-state index contributed by atoms with van der Waals surface area (Å²) in [7, 11) is -1.06. The lowest BCUT2D eigenvalue weighted by Gasteiger charge is -2.29. The van der Waals surface area contributed by atoms with E-state index in [0.717, 1.165) is 0 Å². The maximum Gasteiger partial charge on any atom is 0.0846 e. The Morgan fingerprint density at radius 1 is 0.441 bits per heavy atom. The summed E-state index contributed by atoms with van der Waals surface area (Å²) in [6, 6.07) is 22.9. The van der Waals surface area contributed by atoms with Crippen molar-refractivity contribution >= 4 is 7.26 Å². The lowest BCUT2D eigenvalue weighted by molar-refractivity contribution is -0.00000722. The molecule has 0 nitrogen and oxygen atoms in total. The third kappa shape index (κ3) is 13.9. The Bertz CT molecular complexity index is 623. The highest BCUT2D eigenvalue weighted by atomic mass is 35.5. The van der Waals surface area contributed by atoms with Gasteiger partial charge in [-0.1, -0.05) is 139 Å². The fourth-order valence-corrected chi connectivity index (χ4v) is 9.96. The van der Waals surface area contributed by atoms with E-state index < -0.39 is 7.26 Å². The molecule has 0 aromatic heterocycles. The van der Waals surface area contributed by atoms with Crippen LogP contribution in [0.25, 0.3) is 0 Å². The summed E-state index contributed by atoms with van der Waals surface area (Å²) >= 11 is 0. The van der Waals surface area contributed by atoms with Crippen LogP contribution in [0.2, 0.25) is 0 Å². The summed E-state index contributed by atoms with van der Waals surface area (Å²) in [5.74, 6) is 0. The number of benzene rings is 2. The molecule has 2 aromatic carbocycles. The Labute approximate surface area is 219 Å². The van der Waals surface area contributed by atoms with Gasteiger partial charge >= 0.3 is 0 Å². The zero-order chi connectivity index (χ0) is 23.5. The normalized spacial score (nSPS) is 11.4. The zero-order valence-electron chi connectivity index (χ0n) is 22.3. The quantitative estimate of drug-likeness (QED) is 0.127. The molecule has 192 valence electrons. The third-order valence-corrected chi connectivity index (χ3v) is 11.8. The molecule has 0 amide bonds. The van der Waals surface area contributed by atoms with Gasteiger partial charge in [0.15, 0.2) is 0 Å². The van der Waals surface area contributed by atoms with E-state index >= 15 is 0 Å². The highest BCUT2D eigenvalue weighted by Gasteiger charge is 2.36. The van der Waals surface area contributed by atoms with Gasteiger partial charge in [0.25, 0.3) is 0 Å². The molecular weight excluding hydrogens is 451 g/mol. The summed E-state index contributed by atoms with van der Waals surface area (Å²) in [5.41, 5.74) is 3.15. The third-order valence-electron chi connectivity index (χ3n) is 7.19. The van der Waals surface area contributed by atoms with E-state index in [2.05, 4.69) is 74.5 Å². The zero-order valence-corrected chi connectivity index (χ0v) is 24.0. The van der Waals surface area contributed by atoms with Crippen molar-refractivity contribution in [2.24, 2.45) is 0 Å². The van der Waals surface area contributed by atoms with Crippen molar-refractivity contribution in [2.75, 3.05) is 12.3 Å². The van der Waals surface area contributed by atoms with E-state index in [4.69, 9.17) is 0 Å². The minimum atomic E-state index is -1.06. The molecule has 0 saturated heterocycles. The van der Waals surface area contributed by atoms with Crippen LogP contribution in [0.4, 0.5) is 0 Å². The van der Waals surface area contributed by atoms with Crippen LogP contribution in [0.15, 0.2) is 60.7 Å². The highest BCUT2D eigenvalue weighted by molar-refractivity contribution is 7.74. The second-order valence-electron chi connectivity index (χ2n) is 10.3. The Kier molecular flexibility index (Phi) is 18.7. The lowest BCUT2D eigenvalue weighted by atomic mass is 10.1. The van der Waals surface area contributed by atoms with Crippen molar-refractivity contribution < 1.29 is 12.4 Å². The minimum absolute atomic E-state index is 0. The molecule has 0 radical (unpaired) electrons. The summed E-state index contributed by atoms with van der Waals surface area (Å²) < 4.78 is 0. The van der Waals surface area contributed by atoms with Crippen LogP contribution >= 0.6 is 7.26 Å². The topological polar surface area (TPSA) is 0 Å². The van der Waals surface area contributed by atoms with E-state index in [1.807, 2.05) is 0 Å². The summed E-state index contributed by atoms with van der Waals surface area (Å²) in [5, 5.41) is 0. The van der Waals surface area contributed by atoms with Crippen molar-refractivity contribution in [2.45, 2.75) is 116 Å². The van der Waals surface area contributed by atoms with Crippen LogP contribution < -0.4 is 12.4 Å². The van der Waals surface area contributed by atoms with E-state index in [9.17, 15) is 0 Å². The highest BCUT2D eigenvalue weighted by Crippen LogP contribution is 2.65. The van der Waals surface area contributed by atoms with E-state index in [-0.39, 0.29) is 12.4 Å². The molecular formula is C32H52ClP. The number of halogens is 1. The Hall–Kier alpha value is -0.840. The van der Waals surface area contributed by atoms with Crippen LogP contribution in [0, 0.1) is 0 Å². The van der Waals surface area contributed by atoms with Crippen molar-refractivity contribution in [3.63, 3.8) is 0 Å². The molecule has 34 heavy (non-hydrogen) atoms. The number of unbranched alkanes of at least 4 members (excludes halogenated alkanes) is 12. The first kappa shape index (κ1) is 31.2. The predicted octanol–water partition coefficient (Wildman–Crippen LogP) is 7.91. The molecule has 0 N–H and O–H groups in total. The fraction of sp³-hybridized carbons (Fsp3) is 0.625. The van der Waals surface area contributed by atoms with Gasteiger partial charge in [0, 0.05) is 7.26 Å². The van der Waals surface area contributed by atoms with Gasteiger partial charge in [-0.05, 0) is 36.8 Å². The molecule has 2 aromatic rings. The van der Waals surface area contributed by atoms with Gasteiger partial charge in [-0.15, -0.1) is 0 Å². The first-order chi connectivity index (χ1) is 16.3. The van der Waals surface area contributed by atoms with Gasteiger partial charge < -0.3 is 12.4 Å². The maximum atomic E-state index is 2.38. The average molecular weight is 503 g/mol. The van der Waals surface area contributed by atoms with Crippen LogP contribution in [0.5, 0.6) is 0 Å². The standard InChI is InChI=1S/C32H52P.ClH/c1-3-5-7-9-11-13-21-27-33(29-31-23-17-15-18-24-31,30-32-25-19-16-20-26-32)28-22-14-12-10-8-6-4-2;/h15-20,23-26H,3-14,21-22,27-30H2,1-2H3;1H/q+1;/p-1. The predicted molar refractivity (Wildman–Crippen MR) is 153 cm³/mol. The van der Waals surface area contributed by atoms with Crippen LogP contribution in [-0.2, 0) is 12.3 Å². The first-order valence-electron chi connectivity index (χ1n) is 14.2. The van der Waals surface area contributed by atoms with E-state index in [1.54, 1.807) is 11.1 Å². The molecule has 2 rings (SSSR count). The number of rotatable bonds is 20. The maximum absolute atomic E-state index is 2.38. The molecule has 2 heteroatoms. The Morgan fingerprint density at radius 2 is 0.765 bits per heavy atom. The van der Waals surface area contributed by atoms with Crippen LogP contribution in [0.3, 0.4) is 0 Å². The van der Waals surface area contributed by atoms with Crippen LogP contribution in [0.1, 0.15) is 115 Å². The van der Waals surface area contributed by atoms with E-state index in [0.29, 0.717) is 0 Å². The molecule has 0 bridgehead atoms. The van der Waals surface area contributed by atoms with Gasteiger partial charge in [-0.25, -0.2) is 0 Å². The number of hydrogen-bond acceptors (Lipinski definition) is 0. The lowest BCUT2D eigenvalue weighted by Crippen LogP contribution is -3.00. The second kappa shape index (κ2) is 20.4. The summed E-state index contributed by atoms with van der Waals surface area (Å²) in [6.45, 7) is 4.63. The monoisotopic (exact) mass is 502 g/mol. The van der Waals surface area contributed by atoms with Crippen molar-refractivity contribution in [3.8, 4) is 0 Å². The van der Waals surface area contributed by atoms with Gasteiger partial charge in [0.05, 0.1) is 24.6 Å². The Balaban J connectivity index is 0.00000578. The van der Waals surface area contributed by atoms with Gasteiger partial charge in [-0.2, -0.15) is 0 Å². The molecule has 0 saturated carbocycles. The molecule has 0 unspecified atom stereocenters. The van der Waals surface area contributed by atoms with Crippen molar-refractivity contribution in [3.05, 3.63) is 71.8 Å². The molecule has 0 heterocycles. The van der Waals surface area contributed by atoms with E-state index in [1.165, 1.54) is 115 Å². The van der Waals surface area contributed by atoms with Crippen molar-refractivity contribution in [1.82, 2.24) is 0 Å². The Morgan fingerprint density at radius 3 is 1.12 bits per heavy atom. The minimum Gasteiger partial charge on any atom is -1.00 e. The molecule has 0 aliphatic rings. The molecule has 0 fully saturated rings. The first-order valence-corrected chi connectivity index (χ1v) is 16.7. The second-order valence-corrected chi connectivity index (χ2v) is 14.5. The fourth-order valence-electron chi connectivity index (χ4n) is 5.23.